The van der Waals surface area contributed by atoms with Crippen LogP contribution in [0, 0.1) is 5.92 Å². The Kier molecular flexibility index (Phi) is 8.73. The number of hydrogen-bond donors (Lipinski definition) is 2. The summed E-state index contributed by atoms with van der Waals surface area (Å²) < 4.78 is 6.48. The fourth-order valence-electron chi connectivity index (χ4n) is 2.28. The maximum absolute atomic E-state index is 11.7. The fraction of sp³-hybridized carbons (Fsp3) is 0.533. The number of carbonyl (C=O) groups excluding carboxylic acids is 1. The minimum absolute atomic E-state index is 0. The van der Waals surface area contributed by atoms with E-state index in [1.165, 1.54) is 6.42 Å². The van der Waals surface area contributed by atoms with Crippen molar-refractivity contribution in [1.29, 1.82) is 0 Å². The summed E-state index contributed by atoms with van der Waals surface area (Å²) in [6.45, 7) is 3.36. The molecule has 118 valence electrons. The summed E-state index contributed by atoms with van der Waals surface area (Å²) in [7, 11) is 0. The van der Waals surface area contributed by atoms with Crippen LogP contribution in [-0.4, -0.2) is 32.1 Å². The molecule has 1 aliphatic heterocycles. The van der Waals surface area contributed by atoms with Crippen molar-refractivity contribution in [3.63, 3.8) is 0 Å². The van der Waals surface area contributed by atoms with E-state index < -0.39 is 0 Å². The van der Waals surface area contributed by atoms with Crippen LogP contribution >= 0.6 is 28.3 Å². The Hall–Kier alpha value is -0.780. The molecule has 0 bridgehead atoms. The smallest absolute Gasteiger partial charge is 0.223 e. The van der Waals surface area contributed by atoms with Crippen LogP contribution in [0.15, 0.2) is 28.7 Å². The molecule has 0 spiro atoms. The molecule has 1 unspecified atom stereocenters. The summed E-state index contributed by atoms with van der Waals surface area (Å²) in [6.07, 6.45) is 2.68. The van der Waals surface area contributed by atoms with E-state index in [4.69, 9.17) is 4.74 Å². The number of carbonyl (C=O) groups is 1. The predicted molar refractivity (Wildman–Crippen MR) is 90.1 cm³/mol. The van der Waals surface area contributed by atoms with Crippen LogP contribution in [0.5, 0.6) is 5.75 Å². The summed E-state index contributed by atoms with van der Waals surface area (Å²) in [5.41, 5.74) is 0. The maximum atomic E-state index is 11.7. The van der Waals surface area contributed by atoms with Crippen molar-refractivity contribution in [3.8, 4) is 5.75 Å². The topological polar surface area (TPSA) is 50.4 Å². The number of nitrogens with one attached hydrogen (secondary N) is 2. The standard InChI is InChI=1S/C15H21BrN2O2.ClH/c16-13-3-1-2-4-14(13)20-10-7-15(19)18-9-6-12-5-8-17-11-12;/h1-4,12,17H,5-11H2,(H,18,19);1H. The first-order valence-electron chi connectivity index (χ1n) is 7.10. The van der Waals surface area contributed by atoms with Crippen molar-refractivity contribution in [2.75, 3.05) is 26.2 Å². The van der Waals surface area contributed by atoms with E-state index in [1.807, 2.05) is 24.3 Å². The molecule has 0 radical (unpaired) electrons. The van der Waals surface area contributed by atoms with Crippen molar-refractivity contribution in [2.45, 2.75) is 19.3 Å². The van der Waals surface area contributed by atoms with Gasteiger partial charge in [-0.15, -0.1) is 12.4 Å². The third-order valence-corrected chi connectivity index (χ3v) is 4.12. The van der Waals surface area contributed by atoms with Gasteiger partial charge in [0.05, 0.1) is 17.5 Å². The second-order valence-corrected chi connectivity index (χ2v) is 5.88. The van der Waals surface area contributed by atoms with Gasteiger partial charge in [0.2, 0.25) is 5.91 Å². The SMILES string of the molecule is Cl.O=C(CCOc1ccccc1Br)NCCC1CCNC1. The average molecular weight is 378 g/mol. The van der Waals surface area contributed by atoms with Gasteiger partial charge in [0.15, 0.2) is 0 Å². The minimum Gasteiger partial charge on any atom is -0.492 e. The number of hydrogen-bond acceptors (Lipinski definition) is 3. The first-order chi connectivity index (χ1) is 9.75. The van der Waals surface area contributed by atoms with Gasteiger partial charge >= 0.3 is 0 Å². The second-order valence-electron chi connectivity index (χ2n) is 5.03. The molecule has 4 nitrogen and oxygen atoms in total. The molecule has 1 aromatic carbocycles. The average Bonchev–Trinajstić information content (AvgIpc) is 2.94. The predicted octanol–water partition coefficient (Wildman–Crippen LogP) is 2.76. The molecule has 6 heteroatoms. The maximum Gasteiger partial charge on any atom is 0.223 e. The number of benzene rings is 1. The van der Waals surface area contributed by atoms with Gasteiger partial charge in [-0.2, -0.15) is 0 Å². The fourth-order valence-corrected chi connectivity index (χ4v) is 2.68. The summed E-state index contributed by atoms with van der Waals surface area (Å²) in [5.74, 6) is 1.55. The molecule has 0 saturated carbocycles. The van der Waals surface area contributed by atoms with E-state index in [1.54, 1.807) is 0 Å². The van der Waals surface area contributed by atoms with E-state index in [0.717, 1.165) is 36.3 Å². The number of amides is 1. The molecule has 1 saturated heterocycles. The molecule has 2 N–H and O–H groups in total. The highest BCUT2D eigenvalue weighted by Crippen LogP contribution is 2.23. The van der Waals surface area contributed by atoms with E-state index in [-0.39, 0.29) is 18.3 Å². The van der Waals surface area contributed by atoms with E-state index in [9.17, 15) is 4.79 Å². The summed E-state index contributed by atoms with van der Waals surface area (Å²) in [6, 6.07) is 7.65. The highest BCUT2D eigenvalue weighted by atomic mass is 79.9. The Labute approximate surface area is 140 Å². The Bertz CT molecular complexity index is 439. The van der Waals surface area contributed by atoms with Gasteiger partial charge in [0, 0.05) is 6.54 Å². The van der Waals surface area contributed by atoms with Gasteiger partial charge in [-0.25, -0.2) is 0 Å². The van der Waals surface area contributed by atoms with Crippen LogP contribution in [-0.2, 0) is 4.79 Å². The normalized spacial score (nSPS) is 17.1. The third kappa shape index (κ3) is 6.68. The summed E-state index contributed by atoms with van der Waals surface area (Å²) >= 11 is 3.41. The van der Waals surface area contributed by atoms with Gasteiger partial charge in [-0.3, -0.25) is 4.79 Å². The zero-order valence-electron chi connectivity index (χ0n) is 11.9. The minimum atomic E-state index is 0. The summed E-state index contributed by atoms with van der Waals surface area (Å²) in [5, 5.41) is 6.28. The zero-order chi connectivity index (χ0) is 14.2. The van der Waals surface area contributed by atoms with E-state index in [0.29, 0.717) is 18.9 Å². The zero-order valence-corrected chi connectivity index (χ0v) is 14.3. The quantitative estimate of drug-likeness (QED) is 0.768. The van der Waals surface area contributed by atoms with Crippen molar-refractivity contribution >= 4 is 34.2 Å². The van der Waals surface area contributed by atoms with E-state index in [2.05, 4.69) is 26.6 Å². The first-order valence-corrected chi connectivity index (χ1v) is 7.90. The number of para-hydroxylation sites is 1. The molecule has 1 aromatic rings. The third-order valence-electron chi connectivity index (χ3n) is 3.46. The Morgan fingerprint density at radius 3 is 2.95 bits per heavy atom. The second kappa shape index (κ2) is 10.0. The highest BCUT2D eigenvalue weighted by Gasteiger charge is 2.14. The molecule has 1 fully saturated rings. The molecule has 0 aliphatic carbocycles. The Morgan fingerprint density at radius 2 is 2.24 bits per heavy atom. The van der Waals surface area contributed by atoms with Gasteiger partial charge in [-0.1, -0.05) is 12.1 Å². The van der Waals surface area contributed by atoms with Crippen LogP contribution in [0.1, 0.15) is 19.3 Å². The Morgan fingerprint density at radius 1 is 1.43 bits per heavy atom. The van der Waals surface area contributed by atoms with Gasteiger partial charge < -0.3 is 15.4 Å². The summed E-state index contributed by atoms with van der Waals surface area (Å²) in [4.78, 5) is 11.7. The van der Waals surface area contributed by atoms with Crippen molar-refractivity contribution < 1.29 is 9.53 Å². The molecule has 0 aromatic heterocycles. The lowest BCUT2D eigenvalue weighted by atomic mass is 10.1. The van der Waals surface area contributed by atoms with Gasteiger partial charge in [0.25, 0.3) is 0 Å². The first kappa shape index (κ1) is 18.3. The van der Waals surface area contributed by atoms with E-state index >= 15 is 0 Å². The van der Waals surface area contributed by atoms with Crippen LogP contribution < -0.4 is 15.4 Å². The molecule has 2 rings (SSSR count). The lowest BCUT2D eigenvalue weighted by molar-refractivity contribution is -0.121. The van der Waals surface area contributed by atoms with Crippen molar-refractivity contribution in [3.05, 3.63) is 28.7 Å². The molecule has 1 amide bonds. The molecule has 1 atom stereocenters. The number of halogens is 2. The Balaban J connectivity index is 0.00000220. The van der Waals surface area contributed by atoms with Crippen LogP contribution in [0.2, 0.25) is 0 Å². The highest BCUT2D eigenvalue weighted by molar-refractivity contribution is 9.10. The molecular formula is C15H22BrClN2O2. The van der Waals surface area contributed by atoms with Gasteiger partial charge in [-0.05, 0) is 59.9 Å². The molecular weight excluding hydrogens is 356 g/mol. The molecule has 1 aliphatic rings. The molecule has 21 heavy (non-hydrogen) atoms. The van der Waals surface area contributed by atoms with Crippen LogP contribution in [0.25, 0.3) is 0 Å². The van der Waals surface area contributed by atoms with Crippen molar-refractivity contribution in [2.24, 2.45) is 5.92 Å². The number of ether oxygens (including phenoxy) is 1. The monoisotopic (exact) mass is 376 g/mol. The largest absolute Gasteiger partial charge is 0.492 e. The lowest BCUT2D eigenvalue weighted by Gasteiger charge is -2.10. The van der Waals surface area contributed by atoms with Gasteiger partial charge in [0.1, 0.15) is 5.75 Å². The van der Waals surface area contributed by atoms with Crippen LogP contribution in [0.3, 0.4) is 0 Å². The van der Waals surface area contributed by atoms with Crippen molar-refractivity contribution in [1.82, 2.24) is 10.6 Å². The molecule has 1 heterocycles. The lowest BCUT2D eigenvalue weighted by Crippen LogP contribution is -2.27. The number of rotatable bonds is 7. The van der Waals surface area contributed by atoms with Crippen LogP contribution in [0.4, 0.5) is 0 Å².